The van der Waals surface area contributed by atoms with Crippen molar-refractivity contribution in [2.24, 2.45) is 0 Å². The average molecular weight is 474 g/mol. The second-order valence-electron chi connectivity index (χ2n) is 9.42. The summed E-state index contributed by atoms with van der Waals surface area (Å²) in [6.07, 6.45) is 6.54. The summed E-state index contributed by atoms with van der Waals surface area (Å²) in [5, 5.41) is 0. The van der Waals surface area contributed by atoms with Gasteiger partial charge >= 0.3 is 0 Å². The van der Waals surface area contributed by atoms with E-state index in [4.69, 9.17) is 0 Å². The molecule has 2 aromatic heterocycles. The van der Waals surface area contributed by atoms with E-state index in [0.29, 0.717) is 0 Å². The number of hydrogen-bond donors (Lipinski definition) is 0. The molecule has 37 heavy (non-hydrogen) atoms. The third-order valence-electron chi connectivity index (χ3n) is 7.41. The quantitative estimate of drug-likeness (QED) is 0.258. The van der Waals surface area contributed by atoms with Crippen molar-refractivity contribution in [3.05, 3.63) is 164 Å². The maximum Gasteiger partial charge on any atom is 0.207 e. The molecule has 4 aromatic carbocycles. The van der Waals surface area contributed by atoms with E-state index in [2.05, 4.69) is 149 Å². The zero-order valence-electron chi connectivity index (χ0n) is 20.6. The topological polar surface area (TPSA) is 16.8 Å². The molecule has 0 saturated heterocycles. The summed E-state index contributed by atoms with van der Waals surface area (Å²) < 4.78 is 2.19. The molecule has 2 heterocycles. The second-order valence-corrected chi connectivity index (χ2v) is 9.42. The van der Waals surface area contributed by atoms with Crippen LogP contribution in [0.4, 0.5) is 0 Å². The summed E-state index contributed by atoms with van der Waals surface area (Å²) in [6.45, 7) is 0. The lowest BCUT2D eigenvalue weighted by Gasteiger charge is -2.44. The molecule has 0 spiro atoms. The highest BCUT2D eigenvalue weighted by Gasteiger charge is 2.32. The lowest BCUT2D eigenvalue weighted by atomic mass is 9.13. The third-order valence-corrected chi connectivity index (χ3v) is 7.41. The molecule has 0 aliphatic carbocycles. The molecule has 0 radical (unpaired) electrons. The summed E-state index contributed by atoms with van der Waals surface area (Å²) in [6, 6.07) is 50.1. The summed E-state index contributed by atoms with van der Waals surface area (Å²) in [5.41, 5.74) is 8.65. The standard InChI is InChI=1S/C34H27BN2/c1-4-11-30(12-5-1)35(31-13-6-2-7-14-31,32-15-8-3-9-16-32)33-17-10-18-34(27-33)37-25-21-29(22-26-37)28-19-23-36-24-20-28/h1-27H. The van der Waals surface area contributed by atoms with E-state index in [0.717, 1.165) is 11.3 Å². The van der Waals surface area contributed by atoms with Gasteiger partial charge in [0.25, 0.3) is 0 Å². The first-order valence-corrected chi connectivity index (χ1v) is 12.7. The lowest BCUT2D eigenvalue weighted by Crippen LogP contribution is -2.74. The van der Waals surface area contributed by atoms with Crippen molar-refractivity contribution in [2.45, 2.75) is 0 Å². The van der Waals surface area contributed by atoms with Crippen LogP contribution in [0, 0.1) is 0 Å². The van der Waals surface area contributed by atoms with Crippen LogP contribution >= 0.6 is 0 Å². The Balaban J connectivity index is 1.54. The molecule has 0 N–H and O–H groups in total. The molecule has 6 rings (SSSR count). The smallest absolute Gasteiger partial charge is 0.207 e. The molecule has 0 aliphatic heterocycles. The fraction of sp³-hybridized carbons (Fsp3) is 0. The van der Waals surface area contributed by atoms with Crippen LogP contribution < -0.4 is 26.4 Å². The largest absolute Gasteiger partial charge is 0.265 e. The van der Waals surface area contributed by atoms with E-state index >= 15 is 0 Å². The van der Waals surface area contributed by atoms with E-state index < -0.39 is 6.15 Å². The van der Waals surface area contributed by atoms with E-state index in [1.54, 1.807) is 0 Å². The molecule has 0 aliphatic rings. The van der Waals surface area contributed by atoms with E-state index in [-0.39, 0.29) is 0 Å². The van der Waals surface area contributed by atoms with Crippen LogP contribution in [0.15, 0.2) is 164 Å². The van der Waals surface area contributed by atoms with Gasteiger partial charge in [-0.05, 0) is 29.3 Å². The first-order valence-electron chi connectivity index (χ1n) is 12.7. The molecule has 176 valence electrons. The third kappa shape index (κ3) is 4.26. The predicted molar refractivity (Wildman–Crippen MR) is 155 cm³/mol. The number of pyridine rings is 2. The molecule has 3 heteroatoms. The van der Waals surface area contributed by atoms with Crippen molar-refractivity contribution in [1.82, 2.24) is 4.98 Å². The van der Waals surface area contributed by atoms with Gasteiger partial charge in [0.2, 0.25) is 5.69 Å². The minimum Gasteiger partial charge on any atom is -0.265 e. The number of nitrogens with zero attached hydrogens (tertiary/aromatic N) is 2. The first kappa shape index (κ1) is 22.7. The summed E-state index contributed by atoms with van der Waals surface area (Å²) in [7, 11) is 0. The molecule has 2 nitrogen and oxygen atoms in total. The normalized spacial score (nSPS) is 11.2. The number of aromatic nitrogens is 2. The van der Waals surface area contributed by atoms with E-state index in [1.807, 2.05) is 24.5 Å². The van der Waals surface area contributed by atoms with Crippen molar-refractivity contribution >= 4 is 28.0 Å². The van der Waals surface area contributed by atoms with Gasteiger partial charge < -0.3 is 0 Å². The molecular formula is C34H27BN2. The van der Waals surface area contributed by atoms with Gasteiger partial charge in [0.15, 0.2) is 12.4 Å². The van der Waals surface area contributed by atoms with Gasteiger partial charge in [-0.15, -0.1) is 0 Å². The highest BCUT2D eigenvalue weighted by Crippen LogP contribution is 2.16. The second kappa shape index (κ2) is 10.1. The van der Waals surface area contributed by atoms with Gasteiger partial charge in [0.1, 0.15) is 6.15 Å². The number of rotatable bonds is 6. The van der Waals surface area contributed by atoms with Gasteiger partial charge in [-0.2, -0.15) is 26.4 Å². The van der Waals surface area contributed by atoms with Gasteiger partial charge in [0, 0.05) is 30.6 Å². The Morgan fingerprint density at radius 2 is 0.892 bits per heavy atom. The molecule has 0 saturated carbocycles. The van der Waals surface area contributed by atoms with Crippen LogP contribution in [0.1, 0.15) is 0 Å². The SMILES string of the molecule is c1ccc([B-](c2ccccc2)(c2ccccc2)c2cccc(-[n+]3ccc(-c4ccncc4)cc3)c2)cc1. The molecule has 0 amide bonds. The van der Waals surface area contributed by atoms with Crippen LogP contribution in [0.5, 0.6) is 0 Å². The Morgan fingerprint density at radius 1 is 0.432 bits per heavy atom. The number of benzene rings is 4. The van der Waals surface area contributed by atoms with Gasteiger partial charge in [-0.1, -0.05) is 103 Å². The van der Waals surface area contributed by atoms with Crippen molar-refractivity contribution in [3.63, 3.8) is 0 Å². The monoisotopic (exact) mass is 474 g/mol. The first-order chi connectivity index (χ1) is 18.4. The Kier molecular flexibility index (Phi) is 6.18. The van der Waals surface area contributed by atoms with Gasteiger partial charge in [-0.3, -0.25) is 4.98 Å². The predicted octanol–water partition coefficient (Wildman–Crippen LogP) is 4.40. The Bertz CT molecular complexity index is 1490. The van der Waals surface area contributed by atoms with Gasteiger partial charge in [-0.25, -0.2) is 0 Å². The Labute approximate surface area is 218 Å². The molecule has 0 bridgehead atoms. The molecular weight excluding hydrogens is 447 g/mol. The van der Waals surface area contributed by atoms with Crippen molar-refractivity contribution in [1.29, 1.82) is 0 Å². The van der Waals surface area contributed by atoms with Gasteiger partial charge in [0.05, 0.1) is 0 Å². The maximum atomic E-state index is 4.14. The van der Waals surface area contributed by atoms with Crippen LogP contribution in [0.25, 0.3) is 16.8 Å². The summed E-state index contributed by atoms with van der Waals surface area (Å²) >= 11 is 0. The fourth-order valence-corrected chi connectivity index (χ4v) is 5.67. The maximum absolute atomic E-state index is 4.14. The molecule has 0 unspecified atom stereocenters. The van der Waals surface area contributed by atoms with Crippen LogP contribution in [0.3, 0.4) is 0 Å². The highest BCUT2D eigenvalue weighted by molar-refractivity contribution is 7.19. The zero-order chi connectivity index (χ0) is 24.9. The lowest BCUT2D eigenvalue weighted by molar-refractivity contribution is -0.595. The number of hydrogen-bond acceptors (Lipinski definition) is 1. The van der Waals surface area contributed by atoms with Crippen molar-refractivity contribution in [3.8, 4) is 16.8 Å². The van der Waals surface area contributed by atoms with Crippen LogP contribution in [0.2, 0.25) is 0 Å². The minimum absolute atomic E-state index is 1.13. The molecule has 0 atom stereocenters. The highest BCUT2D eigenvalue weighted by atomic mass is 14.9. The summed E-state index contributed by atoms with van der Waals surface area (Å²) in [4.78, 5) is 4.14. The molecule has 0 fully saturated rings. The van der Waals surface area contributed by atoms with E-state index in [9.17, 15) is 0 Å². The summed E-state index contributed by atoms with van der Waals surface area (Å²) in [5.74, 6) is 0. The van der Waals surface area contributed by atoms with Crippen LogP contribution in [-0.4, -0.2) is 11.1 Å². The fourth-order valence-electron chi connectivity index (χ4n) is 5.67. The van der Waals surface area contributed by atoms with Crippen molar-refractivity contribution in [2.75, 3.05) is 0 Å². The van der Waals surface area contributed by atoms with Crippen LogP contribution in [-0.2, 0) is 0 Å². The van der Waals surface area contributed by atoms with Crippen molar-refractivity contribution < 1.29 is 4.57 Å². The minimum atomic E-state index is -1.40. The Hall–Kier alpha value is -4.76. The zero-order valence-corrected chi connectivity index (χ0v) is 20.6. The average Bonchev–Trinajstić information content (AvgIpc) is 3.00. The molecule has 6 aromatic rings. The van der Waals surface area contributed by atoms with E-state index in [1.165, 1.54) is 27.4 Å². The Morgan fingerprint density at radius 3 is 1.41 bits per heavy atom.